The summed E-state index contributed by atoms with van der Waals surface area (Å²) in [6, 6.07) is 6.72. The van der Waals surface area contributed by atoms with Crippen LogP contribution >= 0.6 is 15.9 Å². The lowest BCUT2D eigenvalue weighted by Gasteiger charge is -2.06. The number of hydrogen-bond acceptors (Lipinski definition) is 3. The van der Waals surface area contributed by atoms with E-state index in [4.69, 9.17) is 10.00 Å². The molecule has 1 rings (SSSR count). The van der Waals surface area contributed by atoms with Crippen LogP contribution in [0.3, 0.4) is 0 Å². The number of benzene rings is 1. The Kier molecular flexibility index (Phi) is 4.14. The average Bonchev–Trinajstić information content (AvgIpc) is 2.26. The van der Waals surface area contributed by atoms with Gasteiger partial charge in [0.1, 0.15) is 5.75 Å². The number of halogens is 1. The van der Waals surface area contributed by atoms with Crippen molar-refractivity contribution in [2.75, 3.05) is 11.9 Å². The third kappa shape index (κ3) is 2.57. The van der Waals surface area contributed by atoms with Gasteiger partial charge in [-0.05, 0) is 18.2 Å². The molecule has 0 bridgehead atoms. The molecule has 1 aromatic carbocycles. The lowest BCUT2D eigenvalue weighted by atomic mass is 10.1. The van der Waals surface area contributed by atoms with Gasteiger partial charge >= 0.3 is 0 Å². The van der Waals surface area contributed by atoms with Gasteiger partial charge in [-0.1, -0.05) is 15.9 Å². The van der Waals surface area contributed by atoms with Crippen LogP contribution in [0.2, 0.25) is 0 Å². The summed E-state index contributed by atoms with van der Waals surface area (Å²) >= 11 is 3.22. The van der Waals surface area contributed by atoms with E-state index in [0.717, 1.165) is 0 Å². The van der Waals surface area contributed by atoms with Crippen LogP contribution in [0.5, 0.6) is 5.75 Å². The van der Waals surface area contributed by atoms with Crippen LogP contribution < -0.4 is 4.74 Å². The molecule has 0 radical (unpaired) electrons. The number of carbonyl (C=O) groups is 1. The van der Waals surface area contributed by atoms with E-state index in [9.17, 15) is 4.79 Å². The fourth-order valence-corrected chi connectivity index (χ4v) is 1.15. The van der Waals surface area contributed by atoms with Gasteiger partial charge < -0.3 is 4.74 Å². The van der Waals surface area contributed by atoms with Crippen molar-refractivity contribution in [3.63, 3.8) is 0 Å². The first-order valence-electron chi connectivity index (χ1n) is 4.00. The molecule has 14 heavy (non-hydrogen) atoms. The second-order valence-corrected chi connectivity index (χ2v) is 3.31. The summed E-state index contributed by atoms with van der Waals surface area (Å²) in [6.07, 6.45) is 0.685. The number of nitriles is 1. The molecule has 0 saturated heterocycles. The van der Waals surface area contributed by atoms with E-state index in [-0.39, 0.29) is 0 Å². The monoisotopic (exact) mass is 253 g/mol. The van der Waals surface area contributed by atoms with Gasteiger partial charge in [-0.25, -0.2) is 0 Å². The maximum absolute atomic E-state index is 10.7. The number of ether oxygens (including phenoxy) is 1. The van der Waals surface area contributed by atoms with E-state index >= 15 is 0 Å². The normalized spacial score (nSPS) is 9.14. The largest absolute Gasteiger partial charge is 0.492 e. The molecule has 0 N–H and O–H groups in total. The summed E-state index contributed by atoms with van der Waals surface area (Å²) in [7, 11) is 0. The molecule has 72 valence electrons. The van der Waals surface area contributed by atoms with E-state index in [1.807, 2.05) is 6.07 Å². The highest BCUT2D eigenvalue weighted by molar-refractivity contribution is 9.09. The van der Waals surface area contributed by atoms with Gasteiger partial charge in [0, 0.05) is 5.33 Å². The van der Waals surface area contributed by atoms with Gasteiger partial charge in [-0.3, -0.25) is 4.79 Å². The standard InChI is InChI=1S/C10H8BrNO2/c11-3-4-14-10-2-1-8(6-12)5-9(10)7-13/h1-2,5,7H,3-4H2. The van der Waals surface area contributed by atoms with Crippen LogP contribution in [0.25, 0.3) is 0 Å². The van der Waals surface area contributed by atoms with Crippen molar-refractivity contribution >= 4 is 22.2 Å². The summed E-state index contributed by atoms with van der Waals surface area (Å²) in [5, 5.41) is 9.31. The highest BCUT2D eigenvalue weighted by Crippen LogP contribution is 2.18. The second-order valence-electron chi connectivity index (χ2n) is 2.52. The summed E-state index contributed by atoms with van der Waals surface area (Å²) in [6.45, 7) is 0.493. The van der Waals surface area contributed by atoms with Gasteiger partial charge in [0.15, 0.2) is 6.29 Å². The summed E-state index contributed by atoms with van der Waals surface area (Å²) in [4.78, 5) is 10.7. The van der Waals surface area contributed by atoms with Crippen LogP contribution in [-0.4, -0.2) is 18.2 Å². The van der Waals surface area contributed by atoms with E-state index in [1.54, 1.807) is 12.1 Å². The molecule has 0 fully saturated rings. The minimum Gasteiger partial charge on any atom is -0.492 e. The summed E-state index contributed by atoms with van der Waals surface area (Å²) in [5.41, 5.74) is 0.864. The van der Waals surface area contributed by atoms with Crippen molar-refractivity contribution in [2.45, 2.75) is 0 Å². The maximum atomic E-state index is 10.7. The fraction of sp³-hybridized carbons (Fsp3) is 0.200. The van der Waals surface area contributed by atoms with E-state index in [2.05, 4.69) is 15.9 Å². The van der Waals surface area contributed by atoms with Gasteiger partial charge in [-0.15, -0.1) is 0 Å². The van der Waals surface area contributed by atoms with Crippen molar-refractivity contribution < 1.29 is 9.53 Å². The number of hydrogen-bond donors (Lipinski definition) is 0. The number of alkyl halides is 1. The first kappa shape index (κ1) is 10.7. The van der Waals surface area contributed by atoms with Crippen molar-refractivity contribution in [2.24, 2.45) is 0 Å². The van der Waals surface area contributed by atoms with E-state index in [0.29, 0.717) is 35.1 Å². The van der Waals surface area contributed by atoms with Crippen molar-refractivity contribution in [1.82, 2.24) is 0 Å². The first-order valence-corrected chi connectivity index (χ1v) is 5.12. The molecular formula is C10H8BrNO2. The Morgan fingerprint density at radius 2 is 2.36 bits per heavy atom. The number of nitrogens with zero attached hydrogens (tertiary/aromatic N) is 1. The van der Waals surface area contributed by atoms with Crippen molar-refractivity contribution in [3.8, 4) is 11.8 Å². The molecule has 0 aliphatic rings. The molecule has 0 heterocycles. The zero-order valence-electron chi connectivity index (χ0n) is 7.37. The predicted octanol–water partition coefficient (Wildman–Crippen LogP) is 2.14. The minimum absolute atomic E-state index is 0.407. The summed E-state index contributed by atoms with van der Waals surface area (Å²) in [5.74, 6) is 0.512. The van der Waals surface area contributed by atoms with Crippen LogP contribution in [0.15, 0.2) is 18.2 Å². The van der Waals surface area contributed by atoms with Crippen LogP contribution in [-0.2, 0) is 0 Å². The maximum Gasteiger partial charge on any atom is 0.153 e. The molecule has 4 heteroatoms. The molecule has 1 aromatic rings. The fourth-order valence-electron chi connectivity index (χ4n) is 0.990. The van der Waals surface area contributed by atoms with Gasteiger partial charge in [0.2, 0.25) is 0 Å². The smallest absolute Gasteiger partial charge is 0.153 e. The number of carbonyl (C=O) groups excluding carboxylic acids is 1. The molecule has 3 nitrogen and oxygen atoms in total. The molecule has 0 amide bonds. The quantitative estimate of drug-likeness (QED) is 0.611. The second kappa shape index (κ2) is 5.40. The zero-order valence-corrected chi connectivity index (χ0v) is 8.95. The van der Waals surface area contributed by atoms with Gasteiger partial charge in [-0.2, -0.15) is 5.26 Å². The van der Waals surface area contributed by atoms with E-state index < -0.39 is 0 Å². The van der Waals surface area contributed by atoms with Crippen molar-refractivity contribution in [3.05, 3.63) is 29.3 Å². The van der Waals surface area contributed by atoms with Crippen LogP contribution in [0.4, 0.5) is 0 Å². The average molecular weight is 254 g/mol. The molecule has 0 atom stereocenters. The van der Waals surface area contributed by atoms with E-state index in [1.165, 1.54) is 6.07 Å². The van der Waals surface area contributed by atoms with Gasteiger partial charge in [0.05, 0.1) is 23.8 Å². The zero-order chi connectivity index (χ0) is 10.4. The molecule has 0 aromatic heterocycles. The molecule has 0 unspecified atom stereocenters. The predicted molar refractivity (Wildman–Crippen MR) is 55.8 cm³/mol. The molecule has 0 saturated carbocycles. The minimum atomic E-state index is 0.407. The lowest BCUT2D eigenvalue weighted by molar-refractivity contribution is 0.112. The number of aldehydes is 1. The highest BCUT2D eigenvalue weighted by atomic mass is 79.9. The number of rotatable bonds is 4. The Balaban J connectivity index is 2.94. The SMILES string of the molecule is N#Cc1ccc(OCCBr)c(C=O)c1. The first-order chi connectivity index (χ1) is 6.81. The van der Waals surface area contributed by atoms with Crippen molar-refractivity contribution in [1.29, 1.82) is 5.26 Å². The summed E-state index contributed by atoms with van der Waals surface area (Å²) < 4.78 is 5.29. The van der Waals surface area contributed by atoms with Crippen LogP contribution in [0, 0.1) is 11.3 Å². The topological polar surface area (TPSA) is 50.1 Å². The highest BCUT2D eigenvalue weighted by Gasteiger charge is 2.03. The Hall–Kier alpha value is -1.34. The van der Waals surface area contributed by atoms with Gasteiger partial charge in [0.25, 0.3) is 0 Å². The Labute approximate surface area is 90.4 Å². The Morgan fingerprint density at radius 1 is 1.57 bits per heavy atom. The molecule has 0 spiro atoms. The Morgan fingerprint density at radius 3 is 2.93 bits per heavy atom. The molecular weight excluding hydrogens is 246 g/mol. The molecule has 0 aliphatic heterocycles. The third-order valence-electron chi connectivity index (χ3n) is 1.60. The lowest BCUT2D eigenvalue weighted by Crippen LogP contribution is -2.00. The van der Waals surface area contributed by atoms with Crippen LogP contribution in [0.1, 0.15) is 15.9 Å². The third-order valence-corrected chi connectivity index (χ3v) is 1.92. The Bertz CT molecular complexity index is 371. The molecule has 0 aliphatic carbocycles.